The average Bonchev–Trinajstić information content (AvgIpc) is 3.76. The Morgan fingerprint density at radius 2 is 1.40 bits per heavy atom. The molecule has 0 saturated heterocycles. The number of benzene rings is 3. The number of rotatable bonds is 14. The maximum absolute atomic E-state index is 2.64. The molecule has 0 heterocycles. The summed E-state index contributed by atoms with van der Waals surface area (Å²) in [4.78, 5) is 0. The van der Waals surface area contributed by atoms with Crippen molar-refractivity contribution in [2.45, 2.75) is 112 Å². The van der Waals surface area contributed by atoms with Gasteiger partial charge in [0.1, 0.15) is 0 Å². The maximum atomic E-state index is 2.64. The summed E-state index contributed by atoms with van der Waals surface area (Å²) >= 11 is -1.35. The predicted octanol–water partition coefficient (Wildman–Crippen LogP) is 11.1. The number of hydrogen-bond acceptors (Lipinski definition) is 0. The summed E-state index contributed by atoms with van der Waals surface area (Å²) in [6, 6.07) is 28.0. The van der Waals surface area contributed by atoms with Crippen molar-refractivity contribution in [1.29, 1.82) is 0 Å². The molecule has 0 saturated carbocycles. The Morgan fingerprint density at radius 1 is 0.729 bits per heavy atom. The molecule has 0 bridgehead atoms. The van der Waals surface area contributed by atoms with Gasteiger partial charge in [-0.2, -0.15) is 0 Å². The van der Waals surface area contributed by atoms with E-state index >= 15 is 0 Å². The van der Waals surface area contributed by atoms with Gasteiger partial charge >= 0.3 is 304 Å². The van der Waals surface area contributed by atoms with Crippen LogP contribution in [0, 0.1) is 5.41 Å². The monoisotopic (exact) mass is 709 g/mol. The summed E-state index contributed by atoms with van der Waals surface area (Å²) in [6.45, 7) is 14.5. The number of hydrogen-bond donors (Lipinski definition) is 0. The molecule has 0 spiro atoms. The van der Waals surface area contributed by atoms with Crippen LogP contribution in [0.1, 0.15) is 122 Å². The molecule has 0 aliphatic heterocycles. The quantitative estimate of drug-likeness (QED) is 0.156. The Labute approximate surface area is 302 Å². The third-order valence-corrected chi connectivity index (χ3v) is 14.9. The topological polar surface area (TPSA) is 0 Å². The first-order chi connectivity index (χ1) is 23.6. The fraction of sp³-hybridized carbons (Fsp3) is 0.383. The molecule has 3 aliphatic carbocycles. The summed E-state index contributed by atoms with van der Waals surface area (Å²) in [7, 11) is 0. The SMILES string of the molecule is CCCC1=C(CCC)C(CC)(CCC)C(C2=CC=CC2)=C2[C]([Zr]=[C](c3ccccc3)c3ccccc3)=c3cc(CC)cc(CCC)c3=C12. The van der Waals surface area contributed by atoms with Crippen LogP contribution in [0.15, 0.2) is 119 Å². The van der Waals surface area contributed by atoms with Crippen molar-refractivity contribution < 1.29 is 22.8 Å². The van der Waals surface area contributed by atoms with Crippen molar-refractivity contribution in [1.82, 2.24) is 0 Å². The van der Waals surface area contributed by atoms with Gasteiger partial charge in [0.2, 0.25) is 0 Å². The minimum absolute atomic E-state index is 0.0941. The molecule has 0 N–H and O–H groups in total. The van der Waals surface area contributed by atoms with Gasteiger partial charge < -0.3 is 0 Å². The third-order valence-electron chi connectivity index (χ3n) is 10.9. The molecular formula is C47H55Zr. The first kappa shape index (κ1) is 35.0. The summed E-state index contributed by atoms with van der Waals surface area (Å²) in [5.74, 6) is 0. The minimum atomic E-state index is -1.35. The summed E-state index contributed by atoms with van der Waals surface area (Å²) in [6.07, 6.45) is 20.1. The molecule has 0 nitrogen and oxygen atoms in total. The van der Waals surface area contributed by atoms with Gasteiger partial charge in [-0.25, -0.2) is 0 Å². The Morgan fingerprint density at radius 3 is 1.94 bits per heavy atom. The second-order valence-electron chi connectivity index (χ2n) is 14.0. The Balaban J connectivity index is 1.88. The van der Waals surface area contributed by atoms with Crippen molar-refractivity contribution in [3.05, 3.63) is 152 Å². The summed E-state index contributed by atoms with van der Waals surface area (Å²) < 4.78 is 3.34. The first-order valence-corrected chi connectivity index (χ1v) is 21.5. The summed E-state index contributed by atoms with van der Waals surface area (Å²) in [5.41, 5.74) is 16.1. The van der Waals surface area contributed by atoms with Gasteiger partial charge in [0.05, 0.1) is 0 Å². The van der Waals surface area contributed by atoms with Gasteiger partial charge in [-0.3, -0.25) is 0 Å². The van der Waals surface area contributed by atoms with Crippen molar-refractivity contribution in [3.8, 4) is 0 Å². The van der Waals surface area contributed by atoms with Crippen molar-refractivity contribution >= 4 is 12.1 Å². The van der Waals surface area contributed by atoms with E-state index in [0.717, 1.165) is 19.3 Å². The van der Waals surface area contributed by atoms with Crippen molar-refractivity contribution in [2.75, 3.05) is 0 Å². The van der Waals surface area contributed by atoms with Crippen LogP contribution in [0.4, 0.5) is 0 Å². The van der Waals surface area contributed by atoms with Crippen LogP contribution in [0.5, 0.6) is 0 Å². The molecule has 0 aromatic heterocycles. The van der Waals surface area contributed by atoms with E-state index in [2.05, 4.69) is 133 Å². The molecule has 1 unspecified atom stereocenters. The molecule has 0 amide bonds. The standard InChI is InChI=1S/C34H45.C13H10.Zr/c1-7-15-26-21-24(11-5)22-27-23-29-32(31(26)27)28(16-8-2)30(17-9-3)34(12-6,20-10-4)33(29)25-18-13-14-19-25;1-3-7-12(8-4-1)11-13-9-5-2-6-10-13;/h13-14,18,21-22H,7-12,15-17,19-20H2,1-6H3;1-10H;. The third kappa shape index (κ3) is 6.31. The van der Waals surface area contributed by atoms with E-state index in [4.69, 9.17) is 0 Å². The van der Waals surface area contributed by atoms with Gasteiger partial charge in [0.15, 0.2) is 0 Å². The molecule has 0 radical (unpaired) electrons. The molecular weight excluding hydrogens is 656 g/mol. The average molecular weight is 711 g/mol. The van der Waals surface area contributed by atoms with E-state index < -0.39 is 22.8 Å². The van der Waals surface area contributed by atoms with E-state index in [9.17, 15) is 0 Å². The van der Waals surface area contributed by atoms with Crippen LogP contribution in [-0.4, -0.2) is 3.21 Å². The van der Waals surface area contributed by atoms with Crippen molar-refractivity contribution in [2.24, 2.45) is 5.41 Å². The van der Waals surface area contributed by atoms with Crippen LogP contribution < -0.4 is 10.4 Å². The van der Waals surface area contributed by atoms with E-state index in [0.29, 0.717) is 0 Å². The molecule has 3 aromatic carbocycles. The van der Waals surface area contributed by atoms with Gasteiger partial charge in [0, 0.05) is 0 Å². The molecule has 48 heavy (non-hydrogen) atoms. The van der Waals surface area contributed by atoms with Gasteiger partial charge in [0.25, 0.3) is 0 Å². The van der Waals surface area contributed by atoms with Crippen molar-refractivity contribution in [3.63, 3.8) is 0 Å². The Bertz CT molecular complexity index is 1890. The fourth-order valence-corrected chi connectivity index (χ4v) is 12.9. The molecule has 247 valence electrons. The molecule has 1 atom stereocenters. The molecule has 6 rings (SSSR count). The molecule has 0 fully saturated rings. The predicted molar refractivity (Wildman–Crippen MR) is 205 cm³/mol. The normalized spacial score (nSPS) is 18.3. The summed E-state index contributed by atoms with van der Waals surface area (Å²) in [5, 5.41) is 3.21. The second-order valence-corrected chi connectivity index (χ2v) is 17.1. The van der Waals surface area contributed by atoms with E-state index in [1.54, 1.807) is 55.9 Å². The van der Waals surface area contributed by atoms with Crippen LogP contribution in [0.2, 0.25) is 0 Å². The molecule has 3 aliphatic rings. The van der Waals surface area contributed by atoms with Crippen LogP contribution in [0.3, 0.4) is 0 Å². The zero-order valence-corrected chi connectivity index (χ0v) is 32.9. The first-order valence-electron chi connectivity index (χ1n) is 19.1. The number of fused-ring (bicyclic) bond motifs is 2. The van der Waals surface area contributed by atoms with Crippen LogP contribution in [-0.2, 0) is 35.6 Å². The van der Waals surface area contributed by atoms with Gasteiger partial charge in [-0.1, -0.05) is 0 Å². The molecule has 3 aromatic rings. The van der Waals surface area contributed by atoms with Crippen LogP contribution >= 0.6 is 0 Å². The van der Waals surface area contributed by atoms with Gasteiger partial charge in [-0.15, -0.1) is 0 Å². The van der Waals surface area contributed by atoms with Crippen LogP contribution in [0.25, 0.3) is 8.85 Å². The fourth-order valence-electron chi connectivity index (χ4n) is 9.01. The van der Waals surface area contributed by atoms with E-state index in [1.165, 1.54) is 68.1 Å². The van der Waals surface area contributed by atoms with Gasteiger partial charge in [-0.05, 0) is 0 Å². The molecule has 1 heteroatoms. The van der Waals surface area contributed by atoms with E-state index in [-0.39, 0.29) is 5.41 Å². The number of aryl methyl sites for hydroxylation is 2. The number of allylic oxidation sites excluding steroid dienone is 8. The Kier molecular flexibility index (Phi) is 11.5. The zero-order valence-electron chi connectivity index (χ0n) is 30.4. The second kappa shape index (κ2) is 15.8. The Hall–Kier alpha value is -2.89. The van der Waals surface area contributed by atoms with E-state index in [1.807, 2.05) is 0 Å². The zero-order chi connectivity index (χ0) is 33.7.